The van der Waals surface area contributed by atoms with Crippen LogP contribution in [0.3, 0.4) is 0 Å². The summed E-state index contributed by atoms with van der Waals surface area (Å²) in [5, 5.41) is 0. The summed E-state index contributed by atoms with van der Waals surface area (Å²) in [6.07, 6.45) is 0. The van der Waals surface area contributed by atoms with Crippen molar-refractivity contribution < 1.29 is 4.74 Å². The first kappa shape index (κ1) is 13.9. The molecule has 2 aromatic carbocycles. The van der Waals surface area contributed by atoms with Crippen molar-refractivity contribution in [1.82, 2.24) is 0 Å². The topological polar surface area (TPSA) is 9.23 Å². The molecule has 1 unspecified atom stereocenters. The lowest BCUT2D eigenvalue weighted by Crippen LogP contribution is -1.98. The van der Waals surface area contributed by atoms with E-state index in [0.29, 0.717) is 10.5 Å². The van der Waals surface area contributed by atoms with E-state index < -0.39 is 0 Å². The van der Waals surface area contributed by atoms with Gasteiger partial charge in [-0.3, -0.25) is 0 Å². The molecule has 1 nitrogen and oxygen atoms in total. The quantitative estimate of drug-likeness (QED) is 0.470. The van der Waals surface area contributed by atoms with Gasteiger partial charge in [0.15, 0.2) is 0 Å². The zero-order valence-electron chi connectivity index (χ0n) is 10.1. The zero-order chi connectivity index (χ0) is 13.0. The molecule has 0 N–H and O–H groups in total. The third-order valence-electron chi connectivity index (χ3n) is 2.64. The predicted octanol–water partition coefficient (Wildman–Crippen LogP) is 5.52. The van der Waals surface area contributed by atoms with Crippen molar-refractivity contribution in [2.45, 2.75) is 17.5 Å². The Hall–Kier alpha value is -0.550. The van der Waals surface area contributed by atoms with Crippen molar-refractivity contribution in [3.05, 3.63) is 64.1 Å². The fourth-order valence-corrected chi connectivity index (χ4v) is 2.56. The maximum atomic E-state index is 5.91. The highest BCUT2D eigenvalue weighted by Gasteiger charge is 2.09. The Morgan fingerprint density at radius 1 is 1.17 bits per heavy atom. The highest BCUT2D eigenvalue weighted by Crippen LogP contribution is 2.33. The molecule has 0 spiro atoms. The van der Waals surface area contributed by atoms with E-state index >= 15 is 0 Å². The van der Waals surface area contributed by atoms with Crippen molar-refractivity contribution in [3.63, 3.8) is 0 Å². The zero-order valence-corrected chi connectivity index (χ0v) is 13.8. The van der Waals surface area contributed by atoms with Gasteiger partial charge in [-0.1, -0.05) is 68.9 Å². The van der Waals surface area contributed by atoms with E-state index in [2.05, 4.69) is 63.6 Å². The van der Waals surface area contributed by atoms with Crippen LogP contribution in [0.4, 0.5) is 0 Å². The van der Waals surface area contributed by atoms with Crippen LogP contribution < -0.4 is 4.74 Å². The lowest BCUT2D eigenvalue weighted by Gasteiger charge is -2.13. The third kappa shape index (κ3) is 3.72. The number of alkyl halides is 1. The van der Waals surface area contributed by atoms with Gasteiger partial charge in [0.2, 0.25) is 0 Å². The molecule has 1 atom stereocenters. The Morgan fingerprint density at radius 2 is 1.89 bits per heavy atom. The standard InChI is InChI=1S/C15H14BrIO/c1-11(17)14-9-13(16)7-8-15(14)18-10-12-5-3-2-4-6-12/h2-9,11H,10H2,1H3. The molecule has 2 rings (SSSR count). The van der Waals surface area contributed by atoms with E-state index in [4.69, 9.17) is 4.74 Å². The van der Waals surface area contributed by atoms with Crippen LogP contribution in [0, 0.1) is 0 Å². The molecule has 18 heavy (non-hydrogen) atoms. The van der Waals surface area contributed by atoms with E-state index in [0.717, 1.165) is 10.2 Å². The summed E-state index contributed by atoms with van der Waals surface area (Å²) >= 11 is 5.91. The number of rotatable bonds is 4. The van der Waals surface area contributed by atoms with E-state index in [1.807, 2.05) is 30.3 Å². The normalized spacial score (nSPS) is 12.2. The fraction of sp³-hybridized carbons (Fsp3) is 0.200. The second-order valence-corrected chi connectivity index (χ2v) is 6.86. The first-order valence-electron chi connectivity index (χ1n) is 5.77. The molecule has 2 aromatic rings. The lowest BCUT2D eigenvalue weighted by molar-refractivity contribution is 0.303. The van der Waals surface area contributed by atoms with Crippen LogP contribution in [0.1, 0.15) is 22.0 Å². The summed E-state index contributed by atoms with van der Waals surface area (Å²) in [5.41, 5.74) is 2.41. The lowest BCUT2D eigenvalue weighted by atomic mass is 10.1. The number of benzene rings is 2. The second kappa shape index (κ2) is 6.57. The van der Waals surface area contributed by atoms with Gasteiger partial charge in [0.25, 0.3) is 0 Å². The van der Waals surface area contributed by atoms with Crippen molar-refractivity contribution in [2.75, 3.05) is 0 Å². The molecule has 0 bridgehead atoms. The van der Waals surface area contributed by atoms with Crippen LogP contribution in [-0.4, -0.2) is 0 Å². The molecule has 0 aromatic heterocycles. The van der Waals surface area contributed by atoms with Gasteiger partial charge in [0.1, 0.15) is 12.4 Å². The SMILES string of the molecule is CC(I)c1cc(Br)ccc1OCc1ccccc1. The monoisotopic (exact) mass is 416 g/mol. The van der Waals surface area contributed by atoms with Gasteiger partial charge >= 0.3 is 0 Å². The number of halogens is 2. The minimum atomic E-state index is 0.422. The van der Waals surface area contributed by atoms with Gasteiger partial charge < -0.3 is 4.74 Å². The number of hydrogen-bond acceptors (Lipinski definition) is 1. The smallest absolute Gasteiger partial charge is 0.124 e. The Kier molecular flexibility index (Phi) is 5.06. The summed E-state index contributed by atoms with van der Waals surface area (Å²) in [6, 6.07) is 16.4. The minimum absolute atomic E-state index is 0.422. The van der Waals surface area contributed by atoms with Crippen LogP contribution in [-0.2, 0) is 6.61 Å². The van der Waals surface area contributed by atoms with E-state index in [-0.39, 0.29) is 0 Å². The van der Waals surface area contributed by atoms with Crippen molar-refractivity contribution in [2.24, 2.45) is 0 Å². The van der Waals surface area contributed by atoms with Crippen molar-refractivity contribution in [3.8, 4) is 5.75 Å². The molecule has 0 radical (unpaired) electrons. The Balaban J connectivity index is 2.14. The van der Waals surface area contributed by atoms with Crippen molar-refractivity contribution >= 4 is 38.5 Å². The van der Waals surface area contributed by atoms with Gasteiger partial charge in [-0.2, -0.15) is 0 Å². The molecule has 0 saturated heterocycles. The molecule has 0 heterocycles. The first-order valence-corrected chi connectivity index (χ1v) is 7.81. The maximum Gasteiger partial charge on any atom is 0.124 e. The average molecular weight is 417 g/mol. The van der Waals surface area contributed by atoms with Crippen molar-refractivity contribution in [1.29, 1.82) is 0 Å². The molecule has 0 amide bonds. The van der Waals surface area contributed by atoms with E-state index in [1.165, 1.54) is 11.1 Å². The Bertz CT molecular complexity index is 511. The van der Waals surface area contributed by atoms with Gasteiger partial charge in [-0.25, -0.2) is 0 Å². The summed E-state index contributed by atoms with van der Waals surface area (Å²) in [5.74, 6) is 0.962. The van der Waals surface area contributed by atoms with Gasteiger partial charge in [0.05, 0.1) is 0 Å². The molecule has 0 aliphatic heterocycles. The Morgan fingerprint density at radius 3 is 2.56 bits per heavy atom. The van der Waals surface area contributed by atoms with E-state index in [1.54, 1.807) is 0 Å². The number of hydrogen-bond donors (Lipinski definition) is 0. The summed E-state index contributed by atoms with van der Waals surface area (Å²) in [7, 11) is 0. The van der Waals surface area contributed by atoms with Crippen LogP contribution in [0.25, 0.3) is 0 Å². The third-order valence-corrected chi connectivity index (χ3v) is 3.80. The second-order valence-electron chi connectivity index (χ2n) is 4.07. The minimum Gasteiger partial charge on any atom is -0.489 e. The first-order chi connectivity index (χ1) is 8.66. The summed E-state index contributed by atoms with van der Waals surface area (Å²) in [4.78, 5) is 0. The van der Waals surface area contributed by atoms with Crippen LogP contribution in [0.2, 0.25) is 0 Å². The van der Waals surface area contributed by atoms with Crippen LogP contribution in [0.5, 0.6) is 5.75 Å². The largest absolute Gasteiger partial charge is 0.489 e. The fourth-order valence-electron chi connectivity index (χ4n) is 1.70. The molecular formula is C15H14BrIO. The molecule has 3 heteroatoms. The molecule has 0 aliphatic carbocycles. The maximum absolute atomic E-state index is 5.91. The molecule has 0 aliphatic rings. The van der Waals surface area contributed by atoms with Gasteiger partial charge in [0, 0.05) is 14.0 Å². The molecule has 0 fully saturated rings. The van der Waals surface area contributed by atoms with Crippen LogP contribution in [0.15, 0.2) is 53.0 Å². The Labute approximate surface area is 130 Å². The highest BCUT2D eigenvalue weighted by molar-refractivity contribution is 14.1. The average Bonchev–Trinajstić information content (AvgIpc) is 2.38. The van der Waals surface area contributed by atoms with Crippen LogP contribution >= 0.6 is 38.5 Å². The highest BCUT2D eigenvalue weighted by atomic mass is 127. The molecule has 94 valence electrons. The predicted molar refractivity (Wildman–Crippen MR) is 87.4 cm³/mol. The number of ether oxygens (including phenoxy) is 1. The summed E-state index contributed by atoms with van der Waals surface area (Å²) < 4.78 is 7.43. The molecule has 0 saturated carbocycles. The molecular weight excluding hydrogens is 403 g/mol. The van der Waals surface area contributed by atoms with Gasteiger partial charge in [-0.15, -0.1) is 0 Å². The summed E-state index contributed by atoms with van der Waals surface area (Å²) in [6.45, 7) is 2.77. The van der Waals surface area contributed by atoms with Gasteiger partial charge in [-0.05, 0) is 30.7 Å². The van der Waals surface area contributed by atoms with E-state index in [9.17, 15) is 0 Å².